The third-order valence-corrected chi connectivity index (χ3v) is 3.57. The Bertz CT molecular complexity index is 498. The molecule has 0 spiro atoms. The van der Waals surface area contributed by atoms with Crippen LogP contribution < -0.4 is 5.73 Å². The van der Waals surface area contributed by atoms with E-state index < -0.39 is 0 Å². The van der Waals surface area contributed by atoms with Crippen LogP contribution in [0.2, 0.25) is 0 Å². The van der Waals surface area contributed by atoms with Gasteiger partial charge in [-0.05, 0) is 24.5 Å². The molecule has 1 fully saturated rings. The smallest absolute Gasteiger partial charge is 0.0907 e. The van der Waals surface area contributed by atoms with Crippen molar-refractivity contribution in [3.8, 4) is 5.69 Å². The van der Waals surface area contributed by atoms with E-state index in [1.807, 2.05) is 18.2 Å². The van der Waals surface area contributed by atoms with Gasteiger partial charge in [0.15, 0.2) is 0 Å². The van der Waals surface area contributed by atoms with Gasteiger partial charge in [0.25, 0.3) is 0 Å². The number of hydrogen-bond acceptors (Lipinski definition) is 3. The summed E-state index contributed by atoms with van der Waals surface area (Å²) < 4.78 is 0. The number of nitrogens with two attached hydrogens (primary N) is 1. The van der Waals surface area contributed by atoms with Crippen molar-refractivity contribution in [1.29, 1.82) is 0 Å². The quantitative estimate of drug-likeness (QED) is 0.855. The molecule has 1 aliphatic rings. The van der Waals surface area contributed by atoms with Gasteiger partial charge >= 0.3 is 0 Å². The molecular weight excluding hydrogens is 212 g/mol. The van der Waals surface area contributed by atoms with Gasteiger partial charge in [0.05, 0.1) is 18.1 Å². The van der Waals surface area contributed by atoms with E-state index in [0.29, 0.717) is 0 Å². The monoisotopic (exact) mass is 228 g/mol. The predicted molar refractivity (Wildman–Crippen MR) is 65.7 cm³/mol. The molecule has 2 aromatic rings. The van der Waals surface area contributed by atoms with Gasteiger partial charge < -0.3 is 5.73 Å². The first-order valence-electron chi connectivity index (χ1n) is 6.05. The first-order valence-corrected chi connectivity index (χ1v) is 6.05. The molecule has 0 unspecified atom stereocenters. The summed E-state index contributed by atoms with van der Waals surface area (Å²) >= 11 is 0. The maximum atomic E-state index is 6.52. The largest absolute Gasteiger partial charge is 0.321 e. The highest BCUT2D eigenvalue weighted by Gasteiger charge is 2.33. The average Bonchev–Trinajstić information content (AvgIpc) is 3.00. The summed E-state index contributed by atoms with van der Waals surface area (Å²) in [5.41, 5.74) is 8.48. The minimum atomic E-state index is -0.204. The molecule has 0 amide bonds. The van der Waals surface area contributed by atoms with Crippen LogP contribution in [0.25, 0.3) is 5.69 Å². The third kappa shape index (κ3) is 1.74. The number of nitrogens with zero attached hydrogens (tertiary/aromatic N) is 3. The maximum Gasteiger partial charge on any atom is 0.0907 e. The van der Waals surface area contributed by atoms with Crippen molar-refractivity contribution in [3.05, 3.63) is 42.2 Å². The molecule has 1 aliphatic carbocycles. The number of aromatic nitrogens is 3. The lowest BCUT2D eigenvalue weighted by atomic mass is 9.88. The highest BCUT2D eigenvalue weighted by Crippen LogP contribution is 2.38. The van der Waals surface area contributed by atoms with Gasteiger partial charge in [-0.1, -0.05) is 31.0 Å². The molecule has 0 radical (unpaired) electrons. The van der Waals surface area contributed by atoms with Crippen LogP contribution in [0.4, 0.5) is 0 Å². The van der Waals surface area contributed by atoms with Gasteiger partial charge in [-0.25, -0.2) is 0 Å². The summed E-state index contributed by atoms with van der Waals surface area (Å²) in [4.78, 5) is 1.66. The van der Waals surface area contributed by atoms with Gasteiger partial charge in [0.1, 0.15) is 0 Å². The zero-order chi connectivity index (χ0) is 11.7. The lowest BCUT2D eigenvalue weighted by Crippen LogP contribution is -2.34. The van der Waals surface area contributed by atoms with Crippen LogP contribution in [-0.4, -0.2) is 15.0 Å². The molecule has 4 heteroatoms. The van der Waals surface area contributed by atoms with E-state index in [0.717, 1.165) is 24.1 Å². The van der Waals surface area contributed by atoms with Crippen LogP contribution in [0.1, 0.15) is 31.2 Å². The normalized spacial score (nSPS) is 18.4. The molecule has 17 heavy (non-hydrogen) atoms. The summed E-state index contributed by atoms with van der Waals surface area (Å²) in [5.74, 6) is 0. The van der Waals surface area contributed by atoms with Gasteiger partial charge in [0, 0.05) is 5.54 Å². The van der Waals surface area contributed by atoms with E-state index in [1.54, 1.807) is 17.2 Å². The van der Waals surface area contributed by atoms with Crippen molar-refractivity contribution < 1.29 is 0 Å². The lowest BCUT2D eigenvalue weighted by Gasteiger charge is -2.26. The van der Waals surface area contributed by atoms with E-state index in [2.05, 4.69) is 16.3 Å². The molecular formula is C13H16N4. The van der Waals surface area contributed by atoms with Crippen molar-refractivity contribution in [2.75, 3.05) is 0 Å². The van der Waals surface area contributed by atoms with Crippen LogP contribution in [0.15, 0.2) is 36.7 Å². The van der Waals surface area contributed by atoms with Gasteiger partial charge in [-0.15, -0.1) is 0 Å². The van der Waals surface area contributed by atoms with Gasteiger partial charge in [-0.2, -0.15) is 15.0 Å². The number of benzene rings is 1. The highest BCUT2D eigenvalue weighted by atomic mass is 15.5. The van der Waals surface area contributed by atoms with Gasteiger partial charge in [0.2, 0.25) is 0 Å². The van der Waals surface area contributed by atoms with E-state index in [1.165, 1.54) is 12.8 Å². The molecule has 4 nitrogen and oxygen atoms in total. The summed E-state index contributed by atoms with van der Waals surface area (Å²) in [5, 5.41) is 8.40. The lowest BCUT2D eigenvalue weighted by molar-refractivity contribution is 0.457. The average molecular weight is 228 g/mol. The molecule has 3 rings (SSSR count). The third-order valence-electron chi connectivity index (χ3n) is 3.57. The first-order chi connectivity index (χ1) is 8.30. The standard InChI is InChI=1S/C13H16N4/c14-13(7-3-4-8-13)11-5-1-2-6-12(11)17-15-9-10-16-17/h1-2,5-6,9-10H,3-4,7-8,14H2. The van der Waals surface area contributed by atoms with Crippen LogP contribution >= 0.6 is 0 Å². The molecule has 1 aromatic heterocycles. The number of hydrogen-bond donors (Lipinski definition) is 1. The molecule has 0 bridgehead atoms. The second kappa shape index (κ2) is 3.96. The van der Waals surface area contributed by atoms with Crippen molar-refractivity contribution >= 4 is 0 Å². The Labute approximate surface area is 100 Å². The van der Waals surface area contributed by atoms with E-state index >= 15 is 0 Å². The predicted octanol–water partition coefficient (Wildman–Crippen LogP) is 2.00. The van der Waals surface area contributed by atoms with Crippen molar-refractivity contribution in [3.63, 3.8) is 0 Å². The Kier molecular flexibility index (Phi) is 2.44. The molecule has 1 heterocycles. The maximum absolute atomic E-state index is 6.52. The minimum absolute atomic E-state index is 0.204. The fraction of sp³-hybridized carbons (Fsp3) is 0.385. The summed E-state index contributed by atoms with van der Waals surface area (Å²) in [6.07, 6.45) is 7.88. The number of para-hydroxylation sites is 1. The fourth-order valence-electron chi connectivity index (χ4n) is 2.68. The zero-order valence-corrected chi connectivity index (χ0v) is 9.71. The summed E-state index contributed by atoms with van der Waals surface area (Å²) in [7, 11) is 0. The topological polar surface area (TPSA) is 56.7 Å². The summed E-state index contributed by atoms with van der Waals surface area (Å²) in [6.45, 7) is 0. The van der Waals surface area contributed by atoms with Crippen LogP contribution in [0, 0.1) is 0 Å². The van der Waals surface area contributed by atoms with Gasteiger partial charge in [-0.3, -0.25) is 0 Å². The van der Waals surface area contributed by atoms with Crippen LogP contribution in [0.5, 0.6) is 0 Å². The Morgan fingerprint density at radius 3 is 2.41 bits per heavy atom. The minimum Gasteiger partial charge on any atom is -0.321 e. The molecule has 2 N–H and O–H groups in total. The summed E-state index contributed by atoms with van der Waals surface area (Å²) in [6, 6.07) is 8.17. The van der Waals surface area contributed by atoms with Crippen molar-refractivity contribution in [1.82, 2.24) is 15.0 Å². The first kappa shape index (κ1) is 10.5. The SMILES string of the molecule is NC1(c2ccccc2-n2nccn2)CCCC1. The second-order valence-electron chi connectivity index (χ2n) is 4.70. The molecule has 1 saturated carbocycles. The highest BCUT2D eigenvalue weighted by molar-refractivity contribution is 5.44. The second-order valence-corrected chi connectivity index (χ2v) is 4.70. The van der Waals surface area contributed by atoms with E-state index in [9.17, 15) is 0 Å². The molecule has 88 valence electrons. The Morgan fingerprint density at radius 1 is 1.06 bits per heavy atom. The Balaban J connectivity index is 2.11. The Hall–Kier alpha value is -1.68. The van der Waals surface area contributed by atoms with Crippen molar-refractivity contribution in [2.24, 2.45) is 5.73 Å². The van der Waals surface area contributed by atoms with E-state index in [4.69, 9.17) is 5.73 Å². The number of rotatable bonds is 2. The van der Waals surface area contributed by atoms with Crippen molar-refractivity contribution in [2.45, 2.75) is 31.2 Å². The van der Waals surface area contributed by atoms with E-state index in [-0.39, 0.29) is 5.54 Å². The molecule has 0 atom stereocenters. The fourth-order valence-corrected chi connectivity index (χ4v) is 2.68. The van der Waals surface area contributed by atoms with Crippen LogP contribution in [0.3, 0.4) is 0 Å². The Morgan fingerprint density at radius 2 is 1.71 bits per heavy atom. The molecule has 0 aliphatic heterocycles. The molecule has 0 saturated heterocycles. The zero-order valence-electron chi connectivity index (χ0n) is 9.71. The molecule has 1 aromatic carbocycles. The van der Waals surface area contributed by atoms with Crippen LogP contribution in [-0.2, 0) is 5.54 Å².